The maximum Gasteiger partial charge on any atom is 0.0931 e. The fraction of sp³-hybridized carbons (Fsp3) is 0.667. The molecule has 2 rings (SSSR count). The highest BCUT2D eigenvalue weighted by atomic mass is 35.5. The average Bonchev–Trinajstić information content (AvgIpc) is 2.74. The van der Waals surface area contributed by atoms with Crippen LogP contribution >= 0.6 is 34.7 Å². The summed E-state index contributed by atoms with van der Waals surface area (Å²) in [4.78, 5) is 0. The molecule has 2 heterocycles. The van der Waals surface area contributed by atoms with E-state index < -0.39 is 0 Å². The maximum atomic E-state index is 5.94. The van der Waals surface area contributed by atoms with Crippen molar-refractivity contribution in [3.8, 4) is 0 Å². The first kappa shape index (κ1) is 12.7. The molecule has 0 aliphatic carbocycles. The molecule has 16 heavy (non-hydrogen) atoms. The molecule has 0 saturated carbocycles. The van der Waals surface area contributed by atoms with E-state index in [1.54, 1.807) is 11.3 Å². The minimum atomic E-state index is 0.429. The zero-order valence-corrected chi connectivity index (χ0v) is 11.9. The molecule has 1 aromatic heterocycles. The van der Waals surface area contributed by atoms with Crippen LogP contribution in [0.4, 0.5) is 0 Å². The van der Waals surface area contributed by atoms with Gasteiger partial charge in [-0.3, -0.25) is 0 Å². The van der Waals surface area contributed by atoms with E-state index in [9.17, 15) is 0 Å². The highest BCUT2D eigenvalue weighted by molar-refractivity contribution is 7.99. The molecule has 1 atom stereocenters. The maximum absolute atomic E-state index is 5.94. The molecule has 1 aromatic rings. The Hall–Kier alpha value is 0.300. The first-order chi connectivity index (χ1) is 7.75. The smallest absolute Gasteiger partial charge is 0.0931 e. The summed E-state index contributed by atoms with van der Waals surface area (Å²) in [5.74, 6) is 3.55. The van der Waals surface area contributed by atoms with Crippen LogP contribution < -0.4 is 5.32 Å². The Balaban J connectivity index is 1.76. The van der Waals surface area contributed by atoms with Crippen molar-refractivity contribution in [2.75, 3.05) is 18.1 Å². The summed E-state index contributed by atoms with van der Waals surface area (Å²) in [6, 6.07) is 2.50. The van der Waals surface area contributed by atoms with Crippen molar-refractivity contribution in [1.29, 1.82) is 0 Å². The summed E-state index contributed by atoms with van der Waals surface area (Å²) in [5, 5.41) is 5.77. The Morgan fingerprint density at radius 2 is 2.25 bits per heavy atom. The predicted octanol–water partition coefficient (Wildman–Crippen LogP) is 4.20. The molecule has 1 fully saturated rings. The predicted molar refractivity (Wildman–Crippen MR) is 75.8 cm³/mol. The fourth-order valence-corrected chi connectivity index (χ4v) is 4.15. The Bertz CT molecular complexity index is 321. The average molecular weight is 276 g/mol. The fourth-order valence-electron chi connectivity index (χ4n) is 1.96. The van der Waals surface area contributed by atoms with Crippen molar-refractivity contribution in [2.24, 2.45) is 5.92 Å². The second-order valence-corrected chi connectivity index (χ2v) is 7.14. The highest BCUT2D eigenvalue weighted by Crippen LogP contribution is 2.26. The standard InChI is InChI=1S/C12H18ClNS2/c1-9(11-6-12(13)16-8-11)14-7-10-2-4-15-5-3-10/h6,8-10,14H,2-5,7H2,1H3. The van der Waals surface area contributed by atoms with Gasteiger partial charge in [-0.05, 0) is 60.7 Å². The van der Waals surface area contributed by atoms with Crippen molar-refractivity contribution < 1.29 is 0 Å². The molecule has 1 saturated heterocycles. The molecular formula is C12H18ClNS2. The molecule has 4 heteroatoms. The lowest BCUT2D eigenvalue weighted by molar-refractivity contribution is 0.421. The molecule has 1 aliphatic heterocycles. The van der Waals surface area contributed by atoms with Crippen LogP contribution in [0.5, 0.6) is 0 Å². The third kappa shape index (κ3) is 3.66. The van der Waals surface area contributed by atoms with E-state index in [1.807, 2.05) is 0 Å². The van der Waals surface area contributed by atoms with Crippen LogP contribution in [0.15, 0.2) is 11.4 Å². The molecule has 0 bridgehead atoms. The first-order valence-corrected chi connectivity index (χ1v) is 8.22. The monoisotopic (exact) mass is 275 g/mol. The molecule has 0 spiro atoms. The molecule has 1 N–H and O–H groups in total. The zero-order chi connectivity index (χ0) is 11.4. The van der Waals surface area contributed by atoms with Crippen LogP contribution in [0.3, 0.4) is 0 Å². The van der Waals surface area contributed by atoms with Crippen molar-refractivity contribution in [1.82, 2.24) is 5.32 Å². The van der Waals surface area contributed by atoms with Crippen LogP contribution in [0.1, 0.15) is 31.4 Å². The van der Waals surface area contributed by atoms with E-state index in [1.165, 1.54) is 29.9 Å². The van der Waals surface area contributed by atoms with Gasteiger partial charge in [0.25, 0.3) is 0 Å². The minimum Gasteiger partial charge on any atom is -0.310 e. The van der Waals surface area contributed by atoms with Crippen LogP contribution in [-0.2, 0) is 0 Å². The van der Waals surface area contributed by atoms with Gasteiger partial charge in [-0.2, -0.15) is 11.8 Å². The lowest BCUT2D eigenvalue weighted by Crippen LogP contribution is -2.27. The van der Waals surface area contributed by atoms with Crippen molar-refractivity contribution in [3.05, 3.63) is 21.3 Å². The number of thiophene rings is 1. The number of nitrogens with one attached hydrogen (secondary N) is 1. The van der Waals surface area contributed by atoms with E-state index in [0.29, 0.717) is 6.04 Å². The summed E-state index contributed by atoms with van der Waals surface area (Å²) in [6.07, 6.45) is 2.74. The van der Waals surface area contributed by atoms with Gasteiger partial charge in [0.1, 0.15) is 0 Å². The summed E-state index contributed by atoms with van der Waals surface area (Å²) in [6.45, 7) is 3.37. The van der Waals surface area contributed by atoms with Crippen molar-refractivity contribution in [2.45, 2.75) is 25.8 Å². The minimum absolute atomic E-state index is 0.429. The number of halogens is 1. The Morgan fingerprint density at radius 1 is 1.50 bits per heavy atom. The van der Waals surface area contributed by atoms with Crippen LogP contribution in [-0.4, -0.2) is 18.1 Å². The SMILES string of the molecule is CC(NCC1CCSCC1)c1csc(Cl)c1. The summed E-state index contributed by atoms with van der Waals surface area (Å²) < 4.78 is 0.887. The second kappa shape index (κ2) is 6.29. The lowest BCUT2D eigenvalue weighted by Gasteiger charge is -2.23. The van der Waals surface area contributed by atoms with Gasteiger partial charge in [-0.1, -0.05) is 11.6 Å². The second-order valence-electron chi connectivity index (χ2n) is 4.37. The van der Waals surface area contributed by atoms with Crippen LogP contribution in [0.2, 0.25) is 4.34 Å². The van der Waals surface area contributed by atoms with Gasteiger partial charge in [-0.15, -0.1) is 11.3 Å². The van der Waals surface area contributed by atoms with Crippen molar-refractivity contribution in [3.63, 3.8) is 0 Å². The highest BCUT2D eigenvalue weighted by Gasteiger charge is 2.15. The van der Waals surface area contributed by atoms with E-state index >= 15 is 0 Å². The van der Waals surface area contributed by atoms with E-state index in [-0.39, 0.29) is 0 Å². The number of hydrogen-bond donors (Lipinski definition) is 1. The quantitative estimate of drug-likeness (QED) is 0.884. The van der Waals surface area contributed by atoms with Gasteiger partial charge in [0.2, 0.25) is 0 Å². The van der Waals surface area contributed by atoms with Gasteiger partial charge in [0.05, 0.1) is 4.34 Å². The van der Waals surface area contributed by atoms with Gasteiger partial charge in [-0.25, -0.2) is 0 Å². The topological polar surface area (TPSA) is 12.0 Å². The van der Waals surface area contributed by atoms with E-state index in [4.69, 9.17) is 11.6 Å². The molecule has 0 amide bonds. The normalized spacial score (nSPS) is 19.9. The molecule has 0 aromatic carbocycles. The third-order valence-corrected chi connectivity index (χ3v) is 5.30. The first-order valence-electron chi connectivity index (χ1n) is 5.81. The van der Waals surface area contributed by atoms with Gasteiger partial charge in [0.15, 0.2) is 0 Å². The van der Waals surface area contributed by atoms with Gasteiger partial charge >= 0.3 is 0 Å². The zero-order valence-electron chi connectivity index (χ0n) is 9.54. The van der Waals surface area contributed by atoms with Gasteiger partial charge < -0.3 is 5.32 Å². The van der Waals surface area contributed by atoms with E-state index in [2.05, 4.69) is 35.4 Å². The van der Waals surface area contributed by atoms with Crippen LogP contribution in [0.25, 0.3) is 0 Å². The molecule has 1 unspecified atom stereocenters. The van der Waals surface area contributed by atoms with Gasteiger partial charge in [0, 0.05) is 6.04 Å². The summed E-state index contributed by atoms with van der Waals surface area (Å²) >= 11 is 9.65. The molecule has 0 radical (unpaired) electrons. The third-order valence-electron chi connectivity index (χ3n) is 3.14. The molecular weight excluding hydrogens is 258 g/mol. The Kier molecular flexibility index (Phi) is 5.01. The molecule has 1 aliphatic rings. The van der Waals surface area contributed by atoms with Crippen molar-refractivity contribution >= 4 is 34.7 Å². The Labute approximate surface area is 111 Å². The molecule has 1 nitrogen and oxygen atoms in total. The largest absolute Gasteiger partial charge is 0.310 e. The lowest BCUT2D eigenvalue weighted by atomic mass is 10.0. The number of rotatable bonds is 4. The summed E-state index contributed by atoms with van der Waals surface area (Å²) in [7, 11) is 0. The van der Waals surface area contributed by atoms with Crippen LogP contribution in [0, 0.1) is 5.92 Å². The van der Waals surface area contributed by atoms with E-state index in [0.717, 1.165) is 16.8 Å². The number of thioether (sulfide) groups is 1. The molecule has 90 valence electrons. The number of hydrogen-bond acceptors (Lipinski definition) is 3. The summed E-state index contributed by atoms with van der Waals surface area (Å²) in [5.41, 5.74) is 1.32. The Morgan fingerprint density at radius 3 is 2.88 bits per heavy atom.